The van der Waals surface area contributed by atoms with E-state index < -0.39 is 28.7 Å². The van der Waals surface area contributed by atoms with Crippen LogP contribution in [0.1, 0.15) is 63.9 Å². The van der Waals surface area contributed by atoms with Crippen LogP contribution in [-0.4, -0.2) is 54.9 Å². The number of carbonyl (C=O) groups excluding carboxylic acids is 2. The second-order valence-electron chi connectivity index (χ2n) is 11.7. The number of nitrogens with zero attached hydrogens (tertiary/aromatic N) is 2. The summed E-state index contributed by atoms with van der Waals surface area (Å²) in [5, 5.41) is 7.89. The molecular formula is C35H39N3O5Se. The first-order valence-corrected chi connectivity index (χ1v) is 16.3. The van der Waals surface area contributed by atoms with Gasteiger partial charge in [0.15, 0.2) is 0 Å². The molecule has 0 bridgehead atoms. The molecule has 0 saturated heterocycles. The quantitative estimate of drug-likeness (QED) is 0.0641. The number of hydrogen-bond acceptors (Lipinski definition) is 8. The fourth-order valence-electron chi connectivity index (χ4n) is 4.52. The van der Waals surface area contributed by atoms with Gasteiger partial charge in [-0.3, -0.25) is 0 Å². The number of benzene rings is 3. The normalized spacial score (nSPS) is 12.4. The molecule has 230 valence electrons. The molecule has 4 aromatic rings. The number of aromatic nitrogens is 1. The first-order chi connectivity index (χ1) is 20.9. The molecule has 1 heterocycles. The van der Waals surface area contributed by atoms with Gasteiger partial charge in [-0.15, -0.1) is 0 Å². The van der Waals surface area contributed by atoms with Gasteiger partial charge < -0.3 is 0 Å². The fourth-order valence-corrected chi connectivity index (χ4v) is 6.13. The monoisotopic (exact) mass is 661 g/mol. The summed E-state index contributed by atoms with van der Waals surface area (Å²) in [6.45, 7) is 10.3. The second kappa shape index (κ2) is 14.1. The van der Waals surface area contributed by atoms with Gasteiger partial charge in [0.1, 0.15) is 0 Å². The summed E-state index contributed by atoms with van der Waals surface area (Å²) in [5.74, 6) is -1.23. The third-order valence-corrected chi connectivity index (χ3v) is 8.29. The second-order valence-corrected chi connectivity index (χ2v) is 13.5. The molecule has 0 aliphatic rings. The van der Waals surface area contributed by atoms with Crippen molar-refractivity contribution in [1.82, 2.24) is 4.98 Å². The van der Waals surface area contributed by atoms with Crippen molar-refractivity contribution >= 4 is 36.8 Å². The predicted octanol–water partition coefficient (Wildman–Crippen LogP) is 6.14. The molecule has 0 unspecified atom stereocenters. The summed E-state index contributed by atoms with van der Waals surface area (Å²) in [5.41, 5.74) is 1.02. The molecule has 4 rings (SSSR count). The van der Waals surface area contributed by atoms with Crippen molar-refractivity contribution < 1.29 is 23.9 Å². The van der Waals surface area contributed by atoms with Crippen molar-refractivity contribution in [2.24, 2.45) is 5.16 Å². The molecule has 9 heteroatoms. The van der Waals surface area contributed by atoms with Gasteiger partial charge in [0.25, 0.3) is 0 Å². The molecule has 0 aliphatic heterocycles. The van der Waals surface area contributed by atoms with Gasteiger partial charge in [-0.05, 0) is 0 Å². The Labute approximate surface area is 265 Å². The first-order valence-electron chi connectivity index (χ1n) is 14.5. The molecule has 3 aromatic carbocycles. The van der Waals surface area contributed by atoms with Gasteiger partial charge in [-0.1, -0.05) is 0 Å². The summed E-state index contributed by atoms with van der Waals surface area (Å²) >= 11 is -0.157. The van der Waals surface area contributed by atoms with E-state index in [1.54, 1.807) is 41.5 Å². The predicted molar refractivity (Wildman–Crippen MR) is 173 cm³/mol. The molecule has 0 aliphatic carbocycles. The van der Waals surface area contributed by atoms with E-state index in [0.717, 1.165) is 21.4 Å². The van der Waals surface area contributed by atoms with Crippen LogP contribution in [0.4, 0.5) is 4.69 Å². The maximum atomic E-state index is 12.9. The van der Waals surface area contributed by atoms with Crippen molar-refractivity contribution in [2.45, 2.75) is 64.7 Å². The standard InChI is InChI=1S/C35H39N3O5Se/c1-7-41-30(39)29(38-43-34(5,6)31(40)42-33(2,3)4)23-28-24-44-32(36-28)37-35(25-17-11-8-12-18-25,26-19-13-9-14-20-26)27-21-15-10-16-22-27/h8-22,24H,7,23H2,1-6H3,(H,36,37). The van der Waals surface area contributed by atoms with Gasteiger partial charge >= 0.3 is 266 Å². The van der Waals surface area contributed by atoms with Crippen molar-refractivity contribution in [3.63, 3.8) is 0 Å². The Kier molecular flexibility index (Phi) is 10.4. The van der Waals surface area contributed by atoms with Crippen LogP contribution in [0.3, 0.4) is 0 Å². The number of esters is 2. The molecule has 1 N–H and O–H groups in total. The molecule has 0 atom stereocenters. The Balaban J connectivity index is 1.68. The fraction of sp³-hybridized carbons (Fsp3) is 0.314. The van der Waals surface area contributed by atoms with Crippen molar-refractivity contribution in [1.29, 1.82) is 0 Å². The molecule has 0 saturated carbocycles. The van der Waals surface area contributed by atoms with E-state index in [-0.39, 0.29) is 33.2 Å². The van der Waals surface area contributed by atoms with Crippen LogP contribution >= 0.6 is 0 Å². The zero-order chi connectivity index (χ0) is 31.8. The Morgan fingerprint density at radius 1 is 0.818 bits per heavy atom. The maximum absolute atomic E-state index is 12.9. The third-order valence-electron chi connectivity index (χ3n) is 6.60. The Morgan fingerprint density at radius 2 is 1.32 bits per heavy atom. The zero-order valence-electron chi connectivity index (χ0n) is 26.0. The summed E-state index contributed by atoms with van der Waals surface area (Å²) in [6, 6.07) is 30.9. The SMILES string of the molecule is CCOC(=O)C(Cc1c[se]c(NC(c2ccccc2)(c2ccccc2)c2ccccc2)n1)=NOC(C)(C)C(=O)OC(C)(C)C. The molecule has 0 amide bonds. The molecule has 1 aromatic heterocycles. The van der Waals surface area contributed by atoms with Crippen LogP contribution in [0.2, 0.25) is 0 Å². The van der Waals surface area contributed by atoms with Gasteiger partial charge in [0.05, 0.1) is 0 Å². The molecule has 44 heavy (non-hydrogen) atoms. The molecule has 0 spiro atoms. The average molecular weight is 661 g/mol. The van der Waals surface area contributed by atoms with Crippen LogP contribution in [-0.2, 0) is 35.9 Å². The van der Waals surface area contributed by atoms with E-state index in [4.69, 9.17) is 19.3 Å². The average Bonchev–Trinajstić information content (AvgIpc) is 3.45. The van der Waals surface area contributed by atoms with Gasteiger partial charge in [0, 0.05) is 0 Å². The van der Waals surface area contributed by atoms with Crippen LogP contribution in [0.15, 0.2) is 101 Å². The summed E-state index contributed by atoms with van der Waals surface area (Å²) < 4.78 is 11.5. The van der Waals surface area contributed by atoms with E-state index in [1.165, 1.54) is 0 Å². The Bertz CT molecular complexity index is 1470. The van der Waals surface area contributed by atoms with Crippen LogP contribution < -0.4 is 5.32 Å². The van der Waals surface area contributed by atoms with E-state index in [2.05, 4.69) is 46.9 Å². The number of oxime groups is 1. The minimum absolute atomic E-state index is 0.0102. The molecule has 8 nitrogen and oxygen atoms in total. The molecular weight excluding hydrogens is 621 g/mol. The molecule has 0 radical (unpaired) electrons. The zero-order valence-corrected chi connectivity index (χ0v) is 27.7. The molecule has 0 fully saturated rings. The summed E-state index contributed by atoms with van der Waals surface area (Å²) in [4.78, 5) is 38.1. The van der Waals surface area contributed by atoms with Gasteiger partial charge in [-0.25, -0.2) is 0 Å². The van der Waals surface area contributed by atoms with Gasteiger partial charge in [-0.2, -0.15) is 0 Å². The Morgan fingerprint density at radius 3 is 1.77 bits per heavy atom. The third kappa shape index (κ3) is 8.04. The van der Waals surface area contributed by atoms with E-state index in [9.17, 15) is 9.59 Å². The van der Waals surface area contributed by atoms with Crippen molar-refractivity contribution in [2.75, 3.05) is 11.9 Å². The van der Waals surface area contributed by atoms with Crippen molar-refractivity contribution in [3.05, 3.63) is 118 Å². The van der Waals surface area contributed by atoms with Crippen LogP contribution in [0, 0.1) is 0 Å². The van der Waals surface area contributed by atoms with Crippen LogP contribution in [0.5, 0.6) is 0 Å². The number of hydrogen-bond donors (Lipinski definition) is 1. The summed E-state index contributed by atoms with van der Waals surface area (Å²) in [7, 11) is 0. The minimum atomic E-state index is -1.42. The van der Waals surface area contributed by atoms with E-state index in [0.29, 0.717) is 5.69 Å². The Hall–Kier alpha value is -4.20. The number of carbonyl (C=O) groups is 2. The van der Waals surface area contributed by atoms with E-state index in [1.807, 2.05) is 59.5 Å². The van der Waals surface area contributed by atoms with Crippen LogP contribution in [0.25, 0.3) is 0 Å². The topological polar surface area (TPSA) is 99.1 Å². The van der Waals surface area contributed by atoms with E-state index >= 15 is 0 Å². The number of rotatable bonds is 12. The number of anilines is 1. The van der Waals surface area contributed by atoms with Gasteiger partial charge in [0.2, 0.25) is 0 Å². The first kappa shape index (κ1) is 32.7. The number of nitrogens with one attached hydrogen (secondary N) is 1. The number of ether oxygens (including phenoxy) is 2. The summed E-state index contributed by atoms with van der Waals surface area (Å²) in [6.07, 6.45) is 0.0746. The van der Waals surface area contributed by atoms with Crippen molar-refractivity contribution in [3.8, 4) is 0 Å².